The number of carbonyl (C=O) groups excluding carboxylic acids is 1. The van der Waals surface area contributed by atoms with E-state index in [-0.39, 0.29) is 5.97 Å². The number of hydrogen-bond donors (Lipinski definition) is 0. The van der Waals surface area contributed by atoms with Crippen LogP contribution in [0.1, 0.15) is 80.8 Å². The molecule has 3 rings (SSSR count). The first kappa shape index (κ1) is 29.3. The van der Waals surface area contributed by atoms with Crippen LogP contribution in [0.3, 0.4) is 0 Å². The fraction of sp³-hybridized carbons (Fsp3) is 0.424. The molecule has 0 heterocycles. The van der Waals surface area contributed by atoms with Crippen LogP contribution in [0.5, 0.6) is 11.5 Å². The molecule has 0 saturated carbocycles. The van der Waals surface area contributed by atoms with Gasteiger partial charge in [0, 0.05) is 0 Å². The van der Waals surface area contributed by atoms with Crippen molar-refractivity contribution in [3.05, 3.63) is 95.6 Å². The molecule has 0 amide bonds. The molecule has 198 valence electrons. The summed E-state index contributed by atoms with van der Waals surface area (Å²) in [6, 6.07) is 25.6. The van der Waals surface area contributed by atoms with Gasteiger partial charge in [0.2, 0.25) is 0 Å². The molecule has 3 aromatic rings. The number of benzene rings is 3. The Morgan fingerprint density at radius 2 is 1.27 bits per heavy atom. The molecule has 0 radical (unpaired) electrons. The molecule has 0 spiro atoms. The molecule has 0 aliphatic carbocycles. The summed E-state index contributed by atoms with van der Waals surface area (Å²) < 4.78 is 17.5. The van der Waals surface area contributed by atoms with E-state index in [2.05, 4.69) is 32.9 Å². The molecule has 0 atom stereocenters. The minimum atomic E-state index is -2.58. The number of unbranched alkanes of at least 4 members (excludes halogenated alkanes) is 3. The van der Waals surface area contributed by atoms with Crippen molar-refractivity contribution in [2.45, 2.75) is 83.6 Å². The fourth-order valence-corrected chi connectivity index (χ4v) is 21.4. The molecule has 0 N–H and O–H groups in total. The first-order valence-electron chi connectivity index (χ1n) is 14.2. The zero-order valence-electron chi connectivity index (χ0n) is 23.0. The Morgan fingerprint density at radius 1 is 0.703 bits per heavy atom. The van der Waals surface area contributed by atoms with E-state index < -0.39 is 18.4 Å². The van der Waals surface area contributed by atoms with Crippen LogP contribution in [0.2, 0.25) is 13.3 Å². The van der Waals surface area contributed by atoms with Crippen molar-refractivity contribution in [2.75, 3.05) is 0 Å². The van der Waals surface area contributed by atoms with E-state index in [1.807, 2.05) is 66.7 Å². The predicted octanol–water partition coefficient (Wildman–Crippen LogP) is 9.42. The van der Waals surface area contributed by atoms with Crippen molar-refractivity contribution in [3.63, 3.8) is 0 Å². The van der Waals surface area contributed by atoms with Crippen molar-refractivity contribution in [1.29, 1.82) is 0 Å². The Balaban J connectivity index is 1.99. The van der Waals surface area contributed by atoms with Crippen molar-refractivity contribution in [1.82, 2.24) is 0 Å². The predicted molar refractivity (Wildman–Crippen MR) is 157 cm³/mol. The maximum absolute atomic E-state index is 13.7. The molecule has 3 aromatic carbocycles. The topological polar surface area (TPSA) is 35.5 Å². The molecule has 0 aliphatic rings. The number of para-hydroxylation sites is 1. The number of esters is 1. The Kier molecular flexibility index (Phi) is 12.6. The summed E-state index contributed by atoms with van der Waals surface area (Å²) in [5.41, 5.74) is 2.83. The van der Waals surface area contributed by atoms with Crippen LogP contribution in [-0.4, -0.2) is 24.3 Å². The van der Waals surface area contributed by atoms with Crippen LogP contribution in [0, 0.1) is 0 Å². The van der Waals surface area contributed by atoms with E-state index in [0.717, 1.165) is 15.6 Å². The third kappa shape index (κ3) is 9.21. The molecular weight excluding hydrogens is 563 g/mol. The van der Waals surface area contributed by atoms with Gasteiger partial charge in [-0.2, -0.15) is 0 Å². The third-order valence-corrected chi connectivity index (χ3v) is 22.6. The molecule has 0 unspecified atom stereocenters. The van der Waals surface area contributed by atoms with E-state index in [4.69, 9.17) is 9.47 Å². The van der Waals surface area contributed by atoms with Gasteiger partial charge in [0.1, 0.15) is 0 Å². The molecule has 3 nitrogen and oxygen atoms in total. The quantitative estimate of drug-likeness (QED) is 0.0925. The average molecular weight is 607 g/mol. The SMILES string of the molecule is CCC[CH2][Sn]([CH2]CCC)([CH2]CCC)[CH2]c1cccc(OCc2ccccc2)c1C(=O)Oc1ccccc1. The average Bonchev–Trinajstić information content (AvgIpc) is 2.93. The first-order valence-corrected chi connectivity index (χ1v) is 22.2. The summed E-state index contributed by atoms with van der Waals surface area (Å²) in [7, 11) is 0. The van der Waals surface area contributed by atoms with Crippen LogP contribution in [0.4, 0.5) is 0 Å². The maximum atomic E-state index is 13.7. The van der Waals surface area contributed by atoms with Gasteiger partial charge in [-0.25, -0.2) is 0 Å². The molecule has 4 heteroatoms. The summed E-state index contributed by atoms with van der Waals surface area (Å²) in [6.45, 7) is 7.33. The number of ether oxygens (including phenoxy) is 2. The molecule has 0 saturated heterocycles. The minimum absolute atomic E-state index is 0.313. The summed E-state index contributed by atoms with van der Waals surface area (Å²) in [5.74, 6) is 0.879. The normalized spacial score (nSPS) is 11.3. The Bertz CT molecular complexity index is 1040. The van der Waals surface area contributed by atoms with Gasteiger partial charge in [0.15, 0.2) is 0 Å². The summed E-state index contributed by atoms with van der Waals surface area (Å²) in [4.78, 5) is 13.7. The van der Waals surface area contributed by atoms with Crippen molar-refractivity contribution < 1.29 is 14.3 Å². The van der Waals surface area contributed by atoms with E-state index >= 15 is 0 Å². The summed E-state index contributed by atoms with van der Waals surface area (Å²) in [6.07, 6.45) is 7.62. The van der Waals surface area contributed by atoms with Gasteiger partial charge in [-0.05, 0) is 0 Å². The van der Waals surface area contributed by atoms with Gasteiger partial charge >= 0.3 is 229 Å². The standard InChI is InChI=1S/C21H17O3.3C4H9.Sn/c1-16-9-8-14-19(23-15-17-10-4-2-5-11-17)20(16)21(22)24-18-12-6-3-7-13-18;3*1-3-4-2;/h2-14H,1,15H2;3*1,3-4H2,2H3;. The van der Waals surface area contributed by atoms with E-state index in [1.54, 1.807) is 0 Å². The van der Waals surface area contributed by atoms with E-state index in [1.165, 1.54) is 51.8 Å². The summed E-state index contributed by atoms with van der Waals surface area (Å²) in [5, 5.41) is 0. The molecular formula is C33H44O3Sn. The number of hydrogen-bond acceptors (Lipinski definition) is 3. The summed E-state index contributed by atoms with van der Waals surface area (Å²) >= 11 is -2.58. The van der Waals surface area contributed by atoms with Gasteiger partial charge < -0.3 is 0 Å². The number of rotatable bonds is 16. The Morgan fingerprint density at radius 3 is 1.84 bits per heavy atom. The van der Waals surface area contributed by atoms with E-state index in [9.17, 15) is 4.79 Å². The van der Waals surface area contributed by atoms with Crippen LogP contribution < -0.4 is 9.47 Å². The molecule has 0 aromatic heterocycles. The van der Waals surface area contributed by atoms with Crippen LogP contribution in [0.15, 0.2) is 78.9 Å². The van der Waals surface area contributed by atoms with Crippen molar-refractivity contribution in [2.24, 2.45) is 0 Å². The second kappa shape index (κ2) is 15.9. The van der Waals surface area contributed by atoms with Gasteiger partial charge in [-0.1, -0.05) is 0 Å². The zero-order chi connectivity index (χ0) is 26.3. The first-order chi connectivity index (χ1) is 18.1. The van der Waals surface area contributed by atoms with Crippen LogP contribution in [-0.2, 0) is 11.0 Å². The molecule has 0 aliphatic heterocycles. The second-order valence-electron chi connectivity index (χ2n) is 10.3. The van der Waals surface area contributed by atoms with Gasteiger partial charge in [-0.15, -0.1) is 0 Å². The number of carbonyl (C=O) groups is 1. The Labute approximate surface area is 228 Å². The van der Waals surface area contributed by atoms with Crippen LogP contribution in [0.25, 0.3) is 0 Å². The monoisotopic (exact) mass is 608 g/mol. The van der Waals surface area contributed by atoms with Crippen LogP contribution >= 0.6 is 0 Å². The second-order valence-corrected chi connectivity index (χ2v) is 24.1. The van der Waals surface area contributed by atoms with E-state index in [0.29, 0.717) is 23.7 Å². The molecule has 37 heavy (non-hydrogen) atoms. The molecule has 0 bridgehead atoms. The van der Waals surface area contributed by atoms with Crippen molar-refractivity contribution in [3.8, 4) is 11.5 Å². The third-order valence-electron chi connectivity index (χ3n) is 7.25. The fourth-order valence-electron chi connectivity index (χ4n) is 5.16. The molecule has 0 fully saturated rings. The zero-order valence-corrected chi connectivity index (χ0v) is 25.9. The van der Waals surface area contributed by atoms with Gasteiger partial charge in [0.05, 0.1) is 0 Å². The van der Waals surface area contributed by atoms with Gasteiger partial charge in [0.25, 0.3) is 0 Å². The Hall–Kier alpha value is -2.27. The van der Waals surface area contributed by atoms with Gasteiger partial charge in [-0.3, -0.25) is 0 Å². The van der Waals surface area contributed by atoms with Crippen molar-refractivity contribution >= 4 is 24.3 Å².